The minimum absolute atomic E-state index is 0.170. The summed E-state index contributed by atoms with van der Waals surface area (Å²) in [5.74, 6) is -0.0321. The molecule has 1 saturated heterocycles. The minimum atomic E-state index is -1.08. The molecule has 1 saturated carbocycles. The van der Waals surface area contributed by atoms with Gasteiger partial charge in [0.2, 0.25) is 11.8 Å². The van der Waals surface area contributed by atoms with Gasteiger partial charge in [0, 0.05) is 40.6 Å². The van der Waals surface area contributed by atoms with E-state index < -0.39 is 11.6 Å². The summed E-state index contributed by atoms with van der Waals surface area (Å²) in [6, 6.07) is 23.3. The molecule has 7 rings (SSSR count). The monoisotopic (exact) mass is 573 g/mol. The second-order valence-electron chi connectivity index (χ2n) is 12.7. The van der Waals surface area contributed by atoms with E-state index >= 15 is 0 Å². The Bertz CT molecular complexity index is 1910. The number of pyridine rings is 1. The quantitative estimate of drug-likeness (QED) is 0.205. The van der Waals surface area contributed by atoms with Crippen LogP contribution < -0.4 is 10.1 Å². The van der Waals surface area contributed by atoms with Crippen molar-refractivity contribution in [3.63, 3.8) is 0 Å². The first kappa shape index (κ1) is 27.3. The molecule has 8 nitrogen and oxygen atoms in total. The Labute approximate surface area is 250 Å². The van der Waals surface area contributed by atoms with Gasteiger partial charge in [-0.25, -0.2) is 4.98 Å². The Morgan fingerprint density at radius 1 is 1.00 bits per heavy atom. The number of fused-ring (bicyclic) bond motifs is 4. The summed E-state index contributed by atoms with van der Waals surface area (Å²) in [5, 5.41) is 11.5. The van der Waals surface area contributed by atoms with Gasteiger partial charge in [0.05, 0.1) is 23.3 Å². The van der Waals surface area contributed by atoms with Gasteiger partial charge < -0.3 is 10.1 Å². The van der Waals surface area contributed by atoms with E-state index in [1.165, 1.54) is 4.68 Å². The highest BCUT2D eigenvalue weighted by atomic mass is 16.5. The molecule has 4 atom stereocenters. The number of benzene rings is 3. The predicted octanol–water partition coefficient (Wildman–Crippen LogP) is 5.76. The van der Waals surface area contributed by atoms with E-state index in [1.807, 2.05) is 60.7 Å². The summed E-state index contributed by atoms with van der Waals surface area (Å²) in [4.78, 5) is 35.1. The number of carbonyl (C=O) groups excluding carboxylic acids is 2. The molecule has 43 heavy (non-hydrogen) atoms. The standard InChI is InChI=1S/C35H35N5O3/c1-5-23-19-35(23,33(42)40-29-17-11-6-12-22(29)20-36-40)38-31(41)30-18-24(21-39(30)34(2,3)4)43-32-27-15-8-7-13-25(27)26-14-9-10-16-28(26)37-32/h5-17,20,23-24,30H,1,18-19,21H2,2-4H3,(H,38,41)/t23-,24+,30-,35-/m0/s1. The van der Waals surface area contributed by atoms with Crippen molar-refractivity contribution in [2.24, 2.45) is 5.92 Å². The zero-order valence-electron chi connectivity index (χ0n) is 24.7. The van der Waals surface area contributed by atoms with E-state index in [-0.39, 0.29) is 29.4 Å². The van der Waals surface area contributed by atoms with Gasteiger partial charge in [-0.2, -0.15) is 9.78 Å². The average Bonchev–Trinajstić information content (AvgIpc) is 3.31. The van der Waals surface area contributed by atoms with Crippen LogP contribution in [-0.2, 0) is 4.79 Å². The summed E-state index contributed by atoms with van der Waals surface area (Å²) < 4.78 is 8.03. The number of carbonyl (C=O) groups is 2. The van der Waals surface area contributed by atoms with Crippen LogP contribution in [0, 0.1) is 5.92 Å². The van der Waals surface area contributed by atoms with Crippen LogP contribution in [0.25, 0.3) is 32.6 Å². The van der Waals surface area contributed by atoms with E-state index in [2.05, 4.69) is 54.8 Å². The lowest BCUT2D eigenvalue weighted by molar-refractivity contribution is -0.128. The van der Waals surface area contributed by atoms with Crippen LogP contribution in [-0.4, -0.2) is 61.2 Å². The summed E-state index contributed by atoms with van der Waals surface area (Å²) in [5.41, 5.74) is 0.200. The van der Waals surface area contributed by atoms with Gasteiger partial charge in [0.1, 0.15) is 11.6 Å². The fourth-order valence-electron chi connectivity index (χ4n) is 6.63. The van der Waals surface area contributed by atoms with Crippen LogP contribution in [0.4, 0.5) is 0 Å². The van der Waals surface area contributed by atoms with Gasteiger partial charge in [-0.15, -0.1) is 6.58 Å². The fraction of sp³-hybridized carbons (Fsp3) is 0.314. The molecule has 1 amide bonds. The van der Waals surface area contributed by atoms with E-state index in [1.54, 1.807) is 12.3 Å². The van der Waals surface area contributed by atoms with Crippen molar-refractivity contribution in [1.82, 2.24) is 25.0 Å². The van der Waals surface area contributed by atoms with Crippen molar-refractivity contribution in [1.29, 1.82) is 0 Å². The molecular formula is C35H35N5O3. The maximum Gasteiger partial charge on any atom is 0.273 e. The molecule has 1 N–H and O–H groups in total. The zero-order chi connectivity index (χ0) is 29.9. The van der Waals surface area contributed by atoms with E-state index in [9.17, 15) is 9.59 Å². The maximum absolute atomic E-state index is 14.1. The second kappa shape index (κ2) is 10.0. The van der Waals surface area contributed by atoms with Gasteiger partial charge in [0.25, 0.3) is 5.91 Å². The van der Waals surface area contributed by atoms with Crippen LogP contribution >= 0.6 is 0 Å². The SMILES string of the molecule is C=C[C@H]1C[C@@]1(NC(=O)[C@@H]1C[C@@H](Oc2nc3ccccc3c3ccccc23)CN1C(C)(C)C)C(=O)n1ncc2ccccc21. The normalized spacial score (nSPS) is 23.9. The number of nitrogens with one attached hydrogen (secondary N) is 1. The first-order valence-corrected chi connectivity index (χ1v) is 14.8. The number of likely N-dealkylation sites (tertiary alicyclic amines) is 1. The number of hydrogen-bond donors (Lipinski definition) is 1. The van der Waals surface area contributed by atoms with Crippen molar-refractivity contribution in [2.75, 3.05) is 6.54 Å². The predicted molar refractivity (Wildman–Crippen MR) is 168 cm³/mol. The first-order chi connectivity index (χ1) is 20.7. The van der Waals surface area contributed by atoms with Crippen LogP contribution in [0.3, 0.4) is 0 Å². The van der Waals surface area contributed by atoms with Gasteiger partial charge in [0.15, 0.2) is 0 Å². The highest BCUT2D eigenvalue weighted by molar-refractivity contribution is 6.07. The molecule has 0 spiro atoms. The third kappa shape index (κ3) is 4.57. The lowest BCUT2D eigenvalue weighted by atomic mass is 10.0. The molecule has 218 valence electrons. The van der Waals surface area contributed by atoms with E-state index in [4.69, 9.17) is 9.72 Å². The minimum Gasteiger partial charge on any atom is -0.472 e. The number of aromatic nitrogens is 3. The Balaban J connectivity index is 1.17. The highest BCUT2D eigenvalue weighted by Gasteiger charge is 2.61. The molecule has 5 aromatic rings. The molecule has 0 radical (unpaired) electrons. The van der Waals surface area contributed by atoms with Crippen LogP contribution in [0.15, 0.2) is 91.6 Å². The van der Waals surface area contributed by atoms with Gasteiger partial charge in [-0.1, -0.05) is 60.7 Å². The summed E-state index contributed by atoms with van der Waals surface area (Å²) in [7, 11) is 0. The lowest BCUT2D eigenvalue weighted by Crippen LogP contribution is -2.56. The van der Waals surface area contributed by atoms with Crippen molar-refractivity contribution in [3.8, 4) is 5.88 Å². The average molecular weight is 574 g/mol. The third-order valence-corrected chi connectivity index (χ3v) is 8.98. The third-order valence-electron chi connectivity index (χ3n) is 8.98. The summed E-state index contributed by atoms with van der Waals surface area (Å²) >= 11 is 0. The number of rotatable bonds is 6. The molecule has 3 aromatic carbocycles. The smallest absolute Gasteiger partial charge is 0.273 e. The molecule has 1 aliphatic heterocycles. The number of para-hydroxylation sites is 2. The molecule has 2 fully saturated rings. The summed E-state index contributed by atoms with van der Waals surface area (Å²) in [6.45, 7) is 10.8. The number of nitrogens with zero attached hydrogens (tertiary/aromatic N) is 4. The van der Waals surface area contributed by atoms with Crippen LogP contribution in [0.2, 0.25) is 0 Å². The molecule has 2 aliphatic rings. The van der Waals surface area contributed by atoms with Gasteiger partial charge in [-0.3, -0.25) is 14.5 Å². The van der Waals surface area contributed by atoms with Crippen LogP contribution in [0.5, 0.6) is 5.88 Å². The van der Waals surface area contributed by atoms with Crippen molar-refractivity contribution < 1.29 is 14.3 Å². The van der Waals surface area contributed by atoms with Crippen molar-refractivity contribution in [3.05, 3.63) is 91.6 Å². The number of hydrogen-bond acceptors (Lipinski definition) is 6. The van der Waals surface area contributed by atoms with Gasteiger partial charge in [-0.05, 0) is 50.8 Å². The van der Waals surface area contributed by atoms with E-state index in [0.29, 0.717) is 25.3 Å². The maximum atomic E-state index is 14.1. The highest BCUT2D eigenvalue weighted by Crippen LogP contribution is 2.46. The molecule has 1 aliphatic carbocycles. The fourth-order valence-corrected chi connectivity index (χ4v) is 6.63. The Morgan fingerprint density at radius 2 is 1.70 bits per heavy atom. The molecule has 3 heterocycles. The molecule has 0 unspecified atom stereocenters. The van der Waals surface area contributed by atoms with E-state index in [0.717, 1.165) is 32.6 Å². The largest absolute Gasteiger partial charge is 0.472 e. The Hall–Kier alpha value is -4.56. The molecule has 0 bridgehead atoms. The Kier molecular flexibility index (Phi) is 6.36. The number of ether oxygens (including phenoxy) is 1. The molecule has 8 heteroatoms. The first-order valence-electron chi connectivity index (χ1n) is 14.8. The number of amides is 1. The lowest BCUT2D eigenvalue weighted by Gasteiger charge is -2.36. The second-order valence-corrected chi connectivity index (χ2v) is 12.7. The summed E-state index contributed by atoms with van der Waals surface area (Å²) in [6.07, 6.45) is 4.13. The topological polar surface area (TPSA) is 89.4 Å². The Morgan fingerprint density at radius 3 is 2.44 bits per heavy atom. The molecule has 2 aromatic heterocycles. The zero-order valence-corrected chi connectivity index (χ0v) is 24.7. The molecular weight excluding hydrogens is 538 g/mol. The van der Waals surface area contributed by atoms with Crippen molar-refractivity contribution >= 4 is 44.4 Å². The van der Waals surface area contributed by atoms with Gasteiger partial charge >= 0.3 is 0 Å². The van der Waals surface area contributed by atoms with Crippen LogP contribution in [0.1, 0.15) is 38.4 Å². The van der Waals surface area contributed by atoms with Crippen molar-refractivity contribution in [2.45, 2.75) is 56.8 Å².